The third kappa shape index (κ3) is 6.22. The number of rotatable bonds is 9. The number of hydrogen-bond acceptors (Lipinski definition) is 5. The molecule has 0 aliphatic heterocycles. The summed E-state index contributed by atoms with van der Waals surface area (Å²) < 4.78 is 12.4. The van der Waals surface area contributed by atoms with Crippen LogP contribution in [0.3, 0.4) is 0 Å². The number of ether oxygens (including phenoxy) is 2. The summed E-state index contributed by atoms with van der Waals surface area (Å²) in [6, 6.07) is 15.6. The van der Waals surface area contributed by atoms with Crippen molar-refractivity contribution in [2.45, 2.75) is 19.3 Å². The molecule has 0 saturated carbocycles. The number of nitrogens with two attached hydrogens (primary N) is 1. The predicted octanol–water partition coefficient (Wildman–Crippen LogP) is 3.92. The lowest BCUT2D eigenvalue weighted by atomic mass is 10.2. The molecule has 0 aromatic heterocycles. The van der Waals surface area contributed by atoms with Crippen molar-refractivity contribution in [1.82, 2.24) is 0 Å². The minimum absolute atomic E-state index is 0.561. The van der Waals surface area contributed by atoms with Crippen LogP contribution < -0.4 is 19.5 Å². The van der Waals surface area contributed by atoms with Gasteiger partial charge in [-0.15, -0.1) is 0 Å². The third-order valence-electron chi connectivity index (χ3n) is 3.56. The summed E-state index contributed by atoms with van der Waals surface area (Å²) >= 11 is 4.02. The van der Waals surface area contributed by atoms with Crippen LogP contribution in [0.1, 0.15) is 24.8 Å². The van der Waals surface area contributed by atoms with Crippen molar-refractivity contribution in [1.29, 1.82) is 5.26 Å². The first-order valence-electron chi connectivity index (χ1n) is 8.24. The lowest BCUT2D eigenvalue weighted by Gasteiger charge is -2.14. The molecule has 0 unspecified atom stereocenters. The fraction of sp³-hybridized carbons (Fsp3) is 0.263. The number of thiol groups is 1. The van der Waals surface area contributed by atoms with E-state index < -0.39 is 6.03 Å². The van der Waals surface area contributed by atoms with E-state index >= 15 is 0 Å². The first kappa shape index (κ1) is 19.5. The molecule has 0 atom stereocenters. The second-order valence-electron chi connectivity index (χ2n) is 5.54. The van der Waals surface area contributed by atoms with Crippen molar-refractivity contribution in [2.24, 2.45) is 5.73 Å². The van der Waals surface area contributed by atoms with Crippen LogP contribution in [0, 0.1) is 11.3 Å². The quantitative estimate of drug-likeness (QED) is 0.516. The van der Waals surface area contributed by atoms with Gasteiger partial charge in [-0.1, -0.05) is 24.9 Å². The molecule has 0 bridgehead atoms. The van der Waals surface area contributed by atoms with E-state index in [2.05, 4.69) is 18.9 Å². The van der Waals surface area contributed by atoms with Crippen LogP contribution in [-0.2, 0) is 0 Å². The molecule has 0 heterocycles. The van der Waals surface area contributed by atoms with Crippen LogP contribution in [0.15, 0.2) is 48.5 Å². The molecular formula is C19H21N3O3S. The summed E-state index contributed by atoms with van der Waals surface area (Å²) in [5.41, 5.74) is 6.34. The van der Waals surface area contributed by atoms with Crippen molar-refractivity contribution < 1.29 is 14.3 Å². The molecule has 0 spiro atoms. The van der Waals surface area contributed by atoms with Gasteiger partial charge in [0.1, 0.15) is 11.5 Å². The number of carbonyl (C=O) groups excluding carboxylic acids is 1. The number of urea groups is 1. The molecule has 2 amide bonds. The first-order valence-corrected chi connectivity index (χ1v) is 8.64. The highest BCUT2D eigenvalue weighted by molar-refractivity contribution is 7.82. The summed E-state index contributed by atoms with van der Waals surface area (Å²) in [7, 11) is 0. The van der Waals surface area contributed by atoms with Crippen LogP contribution in [-0.4, -0.2) is 19.2 Å². The Balaban J connectivity index is 1.64. The summed E-state index contributed by atoms with van der Waals surface area (Å²) in [6.07, 6.45) is 2.73. The van der Waals surface area contributed by atoms with E-state index in [0.29, 0.717) is 36.0 Å². The monoisotopic (exact) mass is 371 g/mol. The SMILES string of the molecule is N#Cc1cccc(OCCCCCOc2cccc(N(S)C(N)=O)c2)c1. The maximum atomic E-state index is 11.1. The molecule has 6 nitrogen and oxygen atoms in total. The van der Waals surface area contributed by atoms with E-state index in [-0.39, 0.29) is 0 Å². The highest BCUT2D eigenvalue weighted by Crippen LogP contribution is 2.22. The van der Waals surface area contributed by atoms with Gasteiger partial charge < -0.3 is 15.2 Å². The van der Waals surface area contributed by atoms with Crippen molar-refractivity contribution in [3.8, 4) is 17.6 Å². The maximum absolute atomic E-state index is 11.1. The Morgan fingerprint density at radius 3 is 2.27 bits per heavy atom. The number of nitrogens with zero attached hydrogens (tertiary/aromatic N) is 2. The molecule has 2 aromatic carbocycles. The Morgan fingerprint density at radius 1 is 1.04 bits per heavy atom. The van der Waals surface area contributed by atoms with Crippen molar-refractivity contribution in [3.05, 3.63) is 54.1 Å². The number of carbonyl (C=O) groups is 1. The lowest BCUT2D eigenvalue weighted by Crippen LogP contribution is -2.27. The minimum atomic E-state index is -0.647. The van der Waals surface area contributed by atoms with E-state index in [0.717, 1.165) is 23.6 Å². The van der Waals surface area contributed by atoms with Gasteiger partial charge in [-0.05, 0) is 49.6 Å². The van der Waals surface area contributed by atoms with E-state index in [1.54, 1.807) is 36.4 Å². The smallest absolute Gasteiger partial charge is 0.329 e. The third-order valence-corrected chi connectivity index (χ3v) is 3.99. The fourth-order valence-electron chi connectivity index (χ4n) is 2.25. The summed E-state index contributed by atoms with van der Waals surface area (Å²) in [5.74, 6) is 1.37. The molecule has 2 aromatic rings. The molecule has 0 aliphatic carbocycles. The second kappa shape index (κ2) is 10.2. The Bertz CT molecular complexity index is 777. The van der Waals surface area contributed by atoms with Gasteiger partial charge in [0, 0.05) is 6.07 Å². The van der Waals surface area contributed by atoms with E-state index in [1.165, 1.54) is 0 Å². The standard InChI is InChI=1S/C19H21N3O3S/c20-14-15-6-4-8-17(12-15)24-10-2-1-3-11-25-18-9-5-7-16(13-18)22(26)19(21)23/h4-9,12-13,26H,1-3,10-11H2,(H2,21,23). The highest BCUT2D eigenvalue weighted by atomic mass is 32.1. The molecule has 26 heavy (non-hydrogen) atoms. The molecule has 0 saturated heterocycles. The van der Waals surface area contributed by atoms with Gasteiger partial charge in [0.25, 0.3) is 0 Å². The Hall–Kier alpha value is -2.85. The van der Waals surface area contributed by atoms with Gasteiger partial charge in [-0.3, -0.25) is 0 Å². The van der Waals surface area contributed by atoms with Crippen LogP contribution >= 0.6 is 12.8 Å². The Labute approximate surface area is 158 Å². The number of unbranched alkanes of at least 4 members (excludes halogenated alkanes) is 2. The predicted molar refractivity (Wildman–Crippen MR) is 103 cm³/mol. The Morgan fingerprint density at radius 2 is 1.65 bits per heavy atom. The molecule has 0 fully saturated rings. The normalized spacial score (nSPS) is 10.0. The van der Waals surface area contributed by atoms with Crippen LogP contribution in [0.2, 0.25) is 0 Å². The van der Waals surface area contributed by atoms with Crippen LogP contribution in [0.25, 0.3) is 0 Å². The van der Waals surface area contributed by atoms with Gasteiger partial charge >= 0.3 is 6.03 Å². The van der Waals surface area contributed by atoms with Crippen molar-refractivity contribution in [2.75, 3.05) is 17.5 Å². The number of nitriles is 1. The van der Waals surface area contributed by atoms with Gasteiger partial charge in [0.2, 0.25) is 0 Å². The maximum Gasteiger partial charge on any atom is 0.329 e. The zero-order chi connectivity index (χ0) is 18.8. The van der Waals surface area contributed by atoms with Crippen LogP contribution in [0.4, 0.5) is 10.5 Å². The minimum Gasteiger partial charge on any atom is -0.494 e. The highest BCUT2D eigenvalue weighted by Gasteiger charge is 2.08. The summed E-state index contributed by atoms with van der Waals surface area (Å²) in [4.78, 5) is 11.1. The number of anilines is 1. The molecule has 0 radical (unpaired) electrons. The van der Waals surface area contributed by atoms with E-state index in [4.69, 9.17) is 20.5 Å². The number of hydrogen-bond donors (Lipinski definition) is 2. The lowest BCUT2D eigenvalue weighted by molar-refractivity contribution is 0.257. The zero-order valence-corrected chi connectivity index (χ0v) is 15.2. The molecule has 2 rings (SSSR count). The van der Waals surface area contributed by atoms with Gasteiger partial charge in [0.15, 0.2) is 0 Å². The topological polar surface area (TPSA) is 88.6 Å². The first-order chi connectivity index (χ1) is 12.6. The second-order valence-corrected chi connectivity index (χ2v) is 5.94. The van der Waals surface area contributed by atoms with Crippen molar-refractivity contribution >= 4 is 24.5 Å². The molecule has 136 valence electrons. The Kier molecular flexibility index (Phi) is 7.65. The van der Waals surface area contributed by atoms with Gasteiger partial charge in [-0.25, -0.2) is 9.10 Å². The summed E-state index contributed by atoms with van der Waals surface area (Å²) in [6.45, 7) is 1.16. The van der Waals surface area contributed by atoms with Crippen LogP contribution in [0.5, 0.6) is 11.5 Å². The summed E-state index contributed by atoms with van der Waals surface area (Å²) in [5, 5.41) is 8.85. The number of amides is 2. The molecule has 2 N–H and O–H groups in total. The molecular weight excluding hydrogens is 350 g/mol. The fourth-order valence-corrected chi connectivity index (χ4v) is 2.37. The van der Waals surface area contributed by atoms with Gasteiger partial charge in [-0.2, -0.15) is 5.26 Å². The molecule has 7 heteroatoms. The van der Waals surface area contributed by atoms with Crippen molar-refractivity contribution in [3.63, 3.8) is 0 Å². The number of benzene rings is 2. The van der Waals surface area contributed by atoms with E-state index in [1.807, 2.05) is 12.1 Å². The van der Waals surface area contributed by atoms with Gasteiger partial charge in [0.05, 0.1) is 30.5 Å². The molecule has 0 aliphatic rings. The largest absolute Gasteiger partial charge is 0.494 e. The number of primary amides is 1. The average Bonchev–Trinajstić information content (AvgIpc) is 2.67. The zero-order valence-electron chi connectivity index (χ0n) is 14.3. The average molecular weight is 371 g/mol. The van der Waals surface area contributed by atoms with E-state index in [9.17, 15) is 4.79 Å².